The van der Waals surface area contributed by atoms with Crippen LogP contribution in [0.2, 0.25) is 5.02 Å². The van der Waals surface area contributed by atoms with Gasteiger partial charge in [-0.1, -0.05) is 17.7 Å². The maximum atomic E-state index is 11.2. The SMILES string of the molecule is COC(=O)[C@H](N)c1ccc(OC)c(Cl)c1. The Morgan fingerprint density at radius 2 is 2.13 bits per heavy atom. The minimum atomic E-state index is -0.821. The number of halogens is 1. The largest absolute Gasteiger partial charge is 0.495 e. The average Bonchev–Trinajstić information content (AvgIpc) is 2.26. The van der Waals surface area contributed by atoms with Crippen LogP contribution in [0.15, 0.2) is 18.2 Å². The number of ether oxygens (including phenoxy) is 2. The molecular weight excluding hydrogens is 218 g/mol. The molecule has 82 valence electrons. The molecule has 0 aromatic heterocycles. The summed E-state index contributed by atoms with van der Waals surface area (Å²) in [6, 6.07) is 4.09. The Balaban J connectivity index is 2.97. The van der Waals surface area contributed by atoms with Gasteiger partial charge in [-0.25, -0.2) is 0 Å². The molecule has 0 saturated heterocycles. The minimum absolute atomic E-state index is 0.411. The molecule has 0 saturated carbocycles. The predicted octanol–water partition coefficient (Wildman–Crippen LogP) is 1.52. The summed E-state index contributed by atoms with van der Waals surface area (Å²) in [6.07, 6.45) is 0. The van der Waals surface area contributed by atoms with Crippen molar-refractivity contribution < 1.29 is 14.3 Å². The fraction of sp³-hybridized carbons (Fsp3) is 0.300. The van der Waals surface area contributed by atoms with Crippen LogP contribution in [-0.4, -0.2) is 20.2 Å². The molecule has 0 radical (unpaired) electrons. The van der Waals surface area contributed by atoms with Crippen LogP contribution in [0.3, 0.4) is 0 Å². The lowest BCUT2D eigenvalue weighted by molar-refractivity contribution is -0.142. The lowest BCUT2D eigenvalue weighted by Gasteiger charge is -2.11. The van der Waals surface area contributed by atoms with E-state index in [0.717, 1.165) is 0 Å². The van der Waals surface area contributed by atoms with Gasteiger partial charge in [-0.3, -0.25) is 4.79 Å². The quantitative estimate of drug-likeness (QED) is 0.799. The molecule has 0 heterocycles. The standard InChI is InChI=1S/C10H12ClNO3/c1-14-8-4-3-6(5-7(8)11)9(12)10(13)15-2/h3-5,9H,12H2,1-2H3/t9-/m1/s1. The number of carbonyl (C=O) groups is 1. The van der Waals surface area contributed by atoms with Crippen LogP contribution in [0.4, 0.5) is 0 Å². The molecule has 1 rings (SSSR count). The van der Waals surface area contributed by atoms with Crippen molar-refractivity contribution in [2.75, 3.05) is 14.2 Å². The van der Waals surface area contributed by atoms with Gasteiger partial charge >= 0.3 is 5.97 Å². The number of hydrogen-bond acceptors (Lipinski definition) is 4. The van der Waals surface area contributed by atoms with Crippen molar-refractivity contribution in [3.05, 3.63) is 28.8 Å². The summed E-state index contributed by atoms with van der Waals surface area (Å²) in [5, 5.41) is 0.411. The van der Waals surface area contributed by atoms with E-state index in [1.165, 1.54) is 14.2 Å². The van der Waals surface area contributed by atoms with Crippen LogP contribution < -0.4 is 10.5 Å². The van der Waals surface area contributed by atoms with Crippen LogP contribution in [-0.2, 0) is 9.53 Å². The molecule has 0 bridgehead atoms. The molecule has 0 aliphatic carbocycles. The van der Waals surface area contributed by atoms with Crippen LogP contribution >= 0.6 is 11.6 Å². The van der Waals surface area contributed by atoms with E-state index in [-0.39, 0.29) is 0 Å². The van der Waals surface area contributed by atoms with Gasteiger partial charge < -0.3 is 15.2 Å². The fourth-order valence-electron chi connectivity index (χ4n) is 1.14. The zero-order valence-corrected chi connectivity index (χ0v) is 9.25. The first-order valence-corrected chi connectivity index (χ1v) is 4.64. The Kier molecular flexibility index (Phi) is 3.94. The number of hydrogen-bond donors (Lipinski definition) is 1. The fourth-order valence-corrected chi connectivity index (χ4v) is 1.41. The Morgan fingerprint density at radius 3 is 2.60 bits per heavy atom. The maximum absolute atomic E-state index is 11.2. The third kappa shape index (κ3) is 2.61. The van der Waals surface area contributed by atoms with Crippen molar-refractivity contribution in [1.82, 2.24) is 0 Å². The molecule has 15 heavy (non-hydrogen) atoms. The molecule has 5 heteroatoms. The lowest BCUT2D eigenvalue weighted by atomic mass is 10.1. The molecule has 1 aromatic rings. The van der Waals surface area contributed by atoms with E-state index in [9.17, 15) is 4.79 Å². The first-order valence-electron chi connectivity index (χ1n) is 4.27. The van der Waals surface area contributed by atoms with Gasteiger partial charge in [-0.2, -0.15) is 0 Å². The number of carbonyl (C=O) groups excluding carboxylic acids is 1. The molecule has 0 unspecified atom stereocenters. The van der Waals surface area contributed by atoms with E-state index >= 15 is 0 Å². The van der Waals surface area contributed by atoms with Crippen molar-refractivity contribution >= 4 is 17.6 Å². The summed E-state index contributed by atoms with van der Waals surface area (Å²) in [5.74, 6) is 0.0358. The monoisotopic (exact) mass is 229 g/mol. The third-order valence-electron chi connectivity index (χ3n) is 1.99. The number of benzene rings is 1. The number of esters is 1. The van der Waals surface area contributed by atoms with Crippen molar-refractivity contribution in [2.45, 2.75) is 6.04 Å². The van der Waals surface area contributed by atoms with Gasteiger partial charge in [0.15, 0.2) is 0 Å². The van der Waals surface area contributed by atoms with E-state index in [2.05, 4.69) is 4.74 Å². The van der Waals surface area contributed by atoms with Crippen molar-refractivity contribution in [2.24, 2.45) is 5.73 Å². The summed E-state index contributed by atoms with van der Waals surface area (Å²) in [5.41, 5.74) is 6.23. The Hall–Kier alpha value is -1.26. The van der Waals surface area contributed by atoms with Gasteiger partial charge in [0, 0.05) is 0 Å². The van der Waals surface area contributed by atoms with Crippen molar-refractivity contribution in [1.29, 1.82) is 0 Å². The van der Waals surface area contributed by atoms with Crippen LogP contribution in [0, 0.1) is 0 Å². The molecule has 0 aliphatic rings. The Bertz CT molecular complexity index is 368. The number of nitrogens with two attached hydrogens (primary N) is 1. The average molecular weight is 230 g/mol. The smallest absolute Gasteiger partial charge is 0.327 e. The first-order chi connectivity index (χ1) is 7.10. The summed E-state index contributed by atoms with van der Waals surface area (Å²) in [4.78, 5) is 11.2. The third-order valence-corrected chi connectivity index (χ3v) is 2.29. The first kappa shape index (κ1) is 11.8. The van der Waals surface area contributed by atoms with Crippen LogP contribution in [0.1, 0.15) is 11.6 Å². The maximum Gasteiger partial charge on any atom is 0.327 e. The van der Waals surface area contributed by atoms with Crippen LogP contribution in [0.25, 0.3) is 0 Å². The molecule has 0 spiro atoms. The van der Waals surface area contributed by atoms with Gasteiger partial charge in [0.25, 0.3) is 0 Å². The zero-order chi connectivity index (χ0) is 11.4. The number of rotatable bonds is 3. The highest BCUT2D eigenvalue weighted by Gasteiger charge is 2.17. The van der Waals surface area contributed by atoms with E-state index in [0.29, 0.717) is 16.3 Å². The molecule has 1 atom stereocenters. The molecular formula is C10H12ClNO3. The van der Waals surface area contributed by atoms with E-state index < -0.39 is 12.0 Å². The summed E-state index contributed by atoms with van der Waals surface area (Å²) >= 11 is 5.89. The Labute approximate surface area is 92.9 Å². The lowest BCUT2D eigenvalue weighted by Crippen LogP contribution is -2.22. The highest BCUT2D eigenvalue weighted by molar-refractivity contribution is 6.32. The molecule has 0 amide bonds. The molecule has 4 nitrogen and oxygen atoms in total. The van der Waals surface area contributed by atoms with Crippen molar-refractivity contribution in [3.8, 4) is 5.75 Å². The Morgan fingerprint density at radius 1 is 1.47 bits per heavy atom. The predicted molar refractivity (Wildman–Crippen MR) is 56.9 cm³/mol. The molecule has 1 aromatic carbocycles. The topological polar surface area (TPSA) is 61.5 Å². The van der Waals surface area contributed by atoms with E-state index in [1.807, 2.05) is 0 Å². The van der Waals surface area contributed by atoms with Gasteiger partial charge in [-0.15, -0.1) is 0 Å². The van der Waals surface area contributed by atoms with Gasteiger partial charge in [0.05, 0.1) is 19.2 Å². The molecule has 2 N–H and O–H groups in total. The van der Waals surface area contributed by atoms with Gasteiger partial charge in [-0.05, 0) is 17.7 Å². The van der Waals surface area contributed by atoms with E-state index in [1.54, 1.807) is 18.2 Å². The minimum Gasteiger partial charge on any atom is -0.495 e. The second-order valence-electron chi connectivity index (χ2n) is 2.89. The van der Waals surface area contributed by atoms with Gasteiger partial charge in [0.2, 0.25) is 0 Å². The van der Waals surface area contributed by atoms with Crippen molar-refractivity contribution in [3.63, 3.8) is 0 Å². The van der Waals surface area contributed by atoms with Gasteiger partial charge in [0.1, 0.15) is 11.8 Å². The summed E-state index contributed by atoms with van der Waals surface area (Å²) in [7, 11) is 2.80. The highest BCUT2D eigenvalue weighted by Crippen LogP contribution is 2.27. The van der Waals surface area contributed by atoms with E-state index in [4.69, 9.17) is 22.1 Å². The zero-order valence-electron chi connectivity index (χ0n) is 8.49. The second-order valence-corrected chi connectivity index (χ2v) is 3.30. The summed E-state index contributed by atoms with van der Waals surface area (Å²) in [6.45, 7) is 0. The van der Waals surface area contributed by atoms with Crippen LogP contribution in [0.5, 0.6) is 5.75 Å². The summed E-state index contributed by atoms with van der Waals surface area (Å²) < 4.78 is 9.50. The molecule has 0 fully saturated rings. The normalized spacial score (nSPS) is 12.0. The highest BCUT2D eigenvalue weighted by atomic mass is 35.5. The second kappa shape index (κ2) is 5.00. The number of methoxy groups -OCH3 is 2. The molecule has 0 aliphatic heterocycles.